The van der Waals surface area contributed by atoms with Gasteiger partial charge in [0.2, 0.25) is 0 Å². The highest BCUT2D eigenvalue weighted by atomic mass is 19.1. The standard InChI is InChI=1S/C16H19FN2O/c1-11(13-7-8-14(17)16(10-13)20-3)19-12(2)15-6-4-5-9-18-15/h4-12,19H,1-3H3/t11?,12-/m1/s1. The molecule has 2 rings (SSSR count). The van der Waals surface area contributed by atoms with Gasteiger partial charge in [-0.1, -0.05) is 12.1 Å². The van der Waals surface area contributed by atoms with Crippen molar-refractivity contribution < 1.29 is 9.13 Å². The molecule has 106 valence electrons. The summed E-state index contributed by atoms with van der Waals surface area (Å²) in [7, 11) is 1.47. The van der Waals surface area contributed by atoms with Crippen molar-refractivity contribution in [2.24, 2.45) is 0 Å². The maximum atomic E-state index is 13.4. The number of halogens is 1. The zero-order chi connectivity index (χ0) is 14.5. The average molecular weight is 274 g/mol. The van der Waals surface area contributed by atoms with Gasteiger partial charge in [0.05, 0.1) is 12.8 Å². The van der Waals surface area contributed by atoms with E-state index in [9.17, 15) is 4.39 Å². The Labute approximate surface area is 118 Å². The predicted molar refractivity (Wildman–Crippen MR) is 77.2 cm³/mol. The molecule has 0 spiro atoms. The van der Waals surface area contributed by atoms with E-state index >= 15 is 0 Å². The van der Waals surface area contributed by atoms with Gasteiger partial charge in [-0.25, -0.2) is 4.39 Å². The second-order valence-corrected chi connectivity index (χ2v) is 4.76. The van der Waals surface area contributed by atoms with Crippen LogP contribution in [0.15, 0.2) is 42.6 Å². The van der Waals surface area contributed by atoms with Crippen molar-refractivity contribution in [3.63, 3.8) is 0 Å². The molecule has 2 atom stereocenters. The van der Waals surface area contributed by atoms with E-state index in [0.29, 0.717) is 0 Å². The lowest BCUT2D eigenvalue weighted by atomic mass is 10.1. The molecule has 0 aliphatic heterocycles. The summed E-state index contributed by atoms with van der Waals surface area (Å²) >= 11 is 0. The average Bonchev–Trinajstić information content (AvgIpc) is 2.48. The molecular weight excluding hydrogens is 255 g/mol. The fourth-order valence-electron chi connectivity index (χ4n) is 2.13. The minimum Gasteiger partial charge on any atom is -0.494 e. The van der Waals surface area contributed by atoms with E-state index in [4.69, 9.17) is 4.74 Å². The van der Waals surface area contributed by atoms with Crippen LogP contribution in [0, 0.1) is 5.82 Å². The minimum atomic E-state index is -0.346. The molecule has 2 aromatic rings. The van der Waals surface area contributed by atoms with Crippen LogP contribution in [0.2, 0.25) is 0 Å². The Morgan fingerprint density at radius 2 is 1.95 bits per heavy atom. The first-order valence-corrected chi connectivity index (χ1v) is 6.62. The van der Waals surface area contributed by atoms with Crippen LogP contribution in [0.1, 0.15) is 37.2 Å². The first-order valence-electron chi connectivity index (χ1n) is 6.62. The number of hydrogen-bond donors (Lipinski definition) is 1. The molecule has 0 amide bonds. The number of rotatable bonds is 5. The van der Waals surface area contributed by atoms with E-state index in [2.05, 4.69) is 17.2 Å². The molecule has 0 bridgehead atoms. The van der Waals surface area contributed by atoms with Crippen LogP contribution < -0.4 is 10.1 Å². The molecule has 20 heavy (non-hydrogen) atoms. The number of nitrogens with zero attached hydrogens (tertiary/aromatic N) is 1. The third-order valence-electron chi connectivity index (χ3n) is 3.31. The van der Waals surface area contributed by atoms with Gasteiger partial charge in [-0.3, -0.25) is 4.98 Å². The molecule has 1 heterocycles. The summed E-state index contributed by atoms with van der Waals surface area (Å²) in [5, 5.41) is 3.44. The number of methoxy groups -OCH3 is 1. The third-order valence-corrected chi connectivity index (χ3v) is 3.31. The molecule has 0 fully saturated rings. The molecule has 4 heteroatoms. The fourth-order valence-corrected chi connectivity index (χ4v) is 2.13. The molecule has 0 radical (unpaired) electrons. The van der Waals surface area contributed by atoms with E-state index in [1.54, 1.807) is 18.3 Å². The smallest absolute Gasteiger partial charge is 0.165 e. The van der Waals surface area contributed by atoms with Gasteiger partial charge in [-0.15, -0.1) is 0 Å². The molecule has 0 saturated carbocycles. The van der Waals surface area contributed by atoms with Gasteiger partial charge in [0.25, 0.3) is 0 Å². The fraction of sp³-hybridized carbons (Fsp3) is 0.312. The molecule has 0 saturated heterocycles. The Morgan fingerprint density at radius 3 is 2.60 bits per heavy atom. The molecule has 1 aromatic carbocycles. The minimum absolute atomic E-state index is 0.0708. The highest BCUT2D eigenvalue weighted by Crippen LogP contribution is 2.24. The summed E-state index contributed by atoms with van der Waals surface area (Å²) in [6.07, 6.45) is 1.78. The first-order chi connectivity index (χ1) is 9.61. The predicted octanol–water partition coefficient (Wildman–Crippen LogP) is 3.64. The van der Waals surface area contributed by atoms with E-state index in [1.807, 2.05) is 25.1 Å². The van der Waals surface area contributed by atoms with E-state index in [1.165, 1.54) is 13.2 Å². The van der Waals surface area contributed by atoms with Crippen LogP contribution in [-0.4, -0.2) is 12.1 Å². The first kappa shape index (κ1) is 14.5. The monoisotopic (exact) mass is 274 g/mol. The van der Waals surface area contributed by atoms with Crippen molar-refractivity contribution in [2.75, 3.05) is 7.11 Å². The quantitative estimate of drug-likeness (QED) is 0.903. The number of ether oxygens (including phenoxy) is 1. The number of benzene rings is 1. The SMILES string of the molecule is COc1cc(C(C)N[C@H](C)c2ccccn2)ccc1F. The number of pyridine rings is 1. The number of aromatic nitrogens is 1. The number of nitrogens with one attached hydrogen (secondary N) is 1. The number of hydrogen-bond acceptors (Lipinski definition) is 3. The van der Waals surface area contributed by atoms with Gasteiger partial charge in [-0.05, 0) is 43.7 Å². The highest BCUT2D eigenvalue weighted by Gasteiger charge is 2.13. The van der Waals surface area contributed by atoms with Crippen LogP contribution >= 0.6 is 0 Å². The largest absolute Gasteiger partial charge is 0.494 e. The summed E-state index contributed by atoms with van der Waals surface area (Å²) in [5.74, 6) is -0.0807. The van der Waals surface area contributed by atoms with Gasteiger partial charge in [0.1, 0.15) is 0 Å². The molecule has 1 aromatic heterocycles. The van der Waals surface area contributed by atoms with Gasteiger partial charge < -0.3 is 10.1 Å². The Hall–Kier alpha value is -1.94. The molecule has 0 aliphatic carbocycles. The highest BCUT2D eigenvalue weighted by molar-refractivity contribution is 5.32. The zero-order valence-electron chi connectivity index (χ0n) is 11.9. The van der Waals surface area contributed by atoms with Crippen molar-refractivity contribution in [1.82, 2.24) is 10.3 Å². The molecule has 1 N–H and O–H groups in total. The lowest BCUT2D eigenvalue weighted by Crippen LogP contribution is -2.23. The van der Waals surface area contributed by atoms with Crippen molar-refractivity contribution in [2.45, 2.75) is 25.9 Å². The summed E-state index contributed by atoms with van der Waals surface area (Å²) in [5.41, 5.74) is 1.96. The Bertz CT molecular complexity index is 560. The lowest BCUT2D eigenvalue weighted by molar-refractivity contribution is 0.384. The maximum Gasteiger partial charge on any atom is 0.165 e. The van der Waals surface area contributed by atoms with Crippen LogP contribution in [0.3, 0.4) is 0 Å². The van der Waals surface area contributed by atoms with Gasteiger partial charge in [0.15, 0.2) is 11.6 Å². The molecule has 0 aliphatic rings. The Morgan fingerprint density at radius 1 is 1.15 bits per heavy atom. The zero-order valence-corrected chi connectivity index (χ0v) is 11.9. The second kappa shape index (κ2) is 6.48. The van der Waals surface area contributed by atoms with Crippen molar-refractivity contribution in [1.29, 1.82) is 0 Å². The van der Waals surface area contributed by atoms with Crippen LogP contribution in [-0.2, 0) is 0 Å². The summed E-state index contributed by atoms with van der Waals surface area (Å²) < 4.78 is 18.4. The Balaban J connectivity index is 2.10. The van der Waals surface area contributed by atoms with Gasteiger partial charge in [-0.2, -0.15) is 0 Å². The van der Waals surface area contributed by atoms with Crippen molar-refractivity contribution >= 4 is 0 Å². The van der Waals surface area contributed by atoms with E-state index < -0.39 is 0 Å². The van der Waals surface area contributed by atoms with Crippen LogP contribution in [0.25, 0.3) is 0 Å². The van der Waals surface area contributed by atoms with Crippen LogP contribution in [0.5, 0.6) is 5.75 Å². The molecule has 3 nitrogen and oxygen atoms in total. The second-order valence-electron chi connectivity index (χ2n) is 4.76. The summed E-state index contributed by atoms with van der Waals surface area (Å²) in [6, 6.07) is 10.9. The molecular formula is C16H19FN2O. The summed E-state index contributed by atoms with van der Waals surface area (Å²) in [4.78, 5) is 4.33. The van der Waals surface area contributed by atoms with Gasteiger partial charge in [0, 0.05) is 18.3 Å². The maximum absolute atomic E-state index is 13.4. The van der Waals surface area contributed by atoms with Crippen molar-refractivity contribution in [3.8, 4) is 5.75 Å². The third kappa shape index (κ3) is 3.33. The molecule has 1 unspecified atom stereocenters. The van der Waals surface area contributed by atoms with E-state index in [-0.39, 0.29) is 23.7 Å². The van der Waals surface area contributed by atoms with E-state index in [0.717, 1.165) is 11.3 Å². The van der Waals surface area contributed by atoms with Crippen LogP contribution in [0.4, 0.5) is 4.39 Å². The topological polar surface area (TPSA) is 34.1 Å². The summed E-state index contributed by atoms with van der Waals surface area (Å²) in [6.45, 7) is 4.09. The van der Waals surface area contributed by atoms with Crippen molar-refractivity contribution in [3.05, 3.63) is 59.7 Å². The van der Waals surface area contributed by atoms with Gasteiger partial charge >= 0.3 is 0 Å². The Kier molecular flexibility index (Phi) is 4.69. The normalized spacial score (nSPS) is 13.8. The lowest BCUT2D eigenvalue weighted by Gasteiger charge is -2.20.